The SMILES string of the molecule is O=C(O)CC1(CNC(=O)c2cccc(Cl)c2F)CCC1. The molecule has 0 aliphatic heterocycles. The third-order valence-electron chi connectivity index (χ3n) is 3.76. The van der Waals surface area contributed by atoms with Crippen molar-refractivity contribution in [3.8, 4) is 0 Å². The average Bonchev–Trinajstić information content (AvgIpc) is 2.35. The maximum absolute atomic E-state index is 13.7. The van der Waals surface area contributed by atoms with Crippen molar-refractivity contribution in [3.63, 3.8) is 0 Å². The molecule has 1 aromatic rings. The maximum atomic E-state index is 13.7. The molecule has 6 heteroatoms. The predicted octanol–water partition coefficient (Wildman–Crippen LogP) is 2.85. The Kier molecular flexibility index (Phi) is 4.28. The molecule has 1 aliphatic carbocycles. The van der Waals surface area contributed by atoms with E-state index in [0.29, 0.717) is 0 Å². The molecule has 0 heterocycles. The van der Waals surface area contributed by atoms with Crippen molar-refractivity contribution in [3.05, 3.63) is 34.6 Å². The van der Waals surface area contributed by atoms with Crippen molar-refractivity contribution in [1.82, 2.24) is 5.32 Å². The summed E-state index contributed by atoms with van der Waals surface area (Å²) in [6.07, 6.45) is 2.50. The minimum Gasteiger partial charge on any atom is -0.481 e. The van der Waals surface area contributed by atoms with Crippen molar-refractivity contribution in [2.75, 3.05) is 6.54 Å². The van der Waals surface area contributed by atoms with Crippen LogP contribution in [0.3, 0.4) is 0 Å². The molecule has 0 saturated heterocycles. The van der Waals surface area contributed by atoms with Gasteiger partial charge in [-0.25, -0.2) is 4.39 Å². The number of carbonyl (C=O) groups is 2. The lowest BCUT2D eigenvalue weighted by atomic mass is 9.66. The summed E-state index contributed by atoms with van der Waals surface area (Å²) in [6, 6.07) is 4.21. The van der Waals surface area contributed by atoms with Crippen molar-refractivity contribution in [2.24, 2.45) is 5.41 Å². The van der Waals surface area contributed by atoms with E-state index in [1.165, 1.54) is 18.2 Å². The quantitative estimate of drug-likeness (QED) is 0.878. The van der Waals surface area contributed by atoms with Crippen LogP contribution in [0.1, 0.15) is 36.0 Å². The molecule has 108 valence electrons. The molecule has 1 saturated carbocycles. The summed E-state index contributed by atoms with van der Waals surface area (Å²) in [6.45, 7) is 0.240. The van der Waals surface area contributed by atoms with Gasteiger partial charge in [0.15, 0.2) is 5.82 Å². The Bertz CT molecular complexity index is 543. The van der Waals surface area contributed by atoms with Crippen LogP contribution >= 0.6 is 11.6 Å². The molecular weight excluding hydrogens is 285 g/mol. The zero-order valence-electron chi connectivity index (χ0n) is 10.8. The summed E-state index contributed by atoms with van der Waals surface area (Å²) in [5.41, 5.74) is -0.515. The number of hydrogen-bond acceptors (Lipinski definition) is 2. The second-order valence-electron chi connectivity index (χ2n) is 5.21. The van der Waals surface area contributed by atoms with E-state index in [0.717, 1.165) is 19.3 Å². The minimum atomic E-state index is -0.882. The van der Waals surface area contributed by atoms with E-state index in [1.54, 1.807) is 0 Å². The van der Waals surface area contributed by atoms with Crippen molar-refractivity contribution in [1.29, 1.82) is 0 Å². The van der Waals surface area contributed by atoms with Crippen LogP contribution in [0.25, 0.3) is 0 Å². The van der Waals surface area contributed by atoms with Crippen LogP contribution in [-0.2, 0) is 4.79 Å². The van der Waals surface area contributed by atoms with E-state index >= 15 is 0 Å². The van der Waals surface area contributed by atoms with E-state index in [-0.39, 0.29) is 23.6 Å². The van der Waals surface area contributed by atoms with Crippen molar-refractivity contribution in [2.45, 2.75) is 25.7 Å². The van der Waals surface area contributed by atoms with Gasteiger partial charge in [-0.2, -0.15) is 0 Å². The highest BCUT2D eigenvalue weighted by Crippen LogP contribution is 2.43. The second kappa shape index (κ2) is 5.79. The van der Waals surface area contributed by atoms with Crippen LogP contribution in [0.4, 0.5) is 4.39 Å². The Hall–Kier alpha value is -1.62. The van der Waals surface area contributed by atoms with Gasteiger partial charge in [-0.3, -0.25) is 9.59 Å². The normalized spacial score (nSPS) is 16.3. The topological polar surface area (TPSA) is 66.4 Å². The molecule has 0 radical (unpaired) electrons. The molecule has 2 rings (SSSR count). The summed E-state index contributed by atoms with van der Waals surface area (Å²) < 4.78 is 13.7. The van der Waals surface area contributed by atoms with Gasteiger partial charge in [0.1, 0.15) is 0 Å². The number of rotatable bonds is 5. The molecule has 1 aromatic carbocycles. The third kappa shape index (κ3) is 3.10. The van der Waals surface area contributed by atoms with Crippen molar-refractivity contribution >= 4 is 23.5 Å². The Balaban J connectivity index is 2.01. The summed E-state index contributed by atoms with van der Waals surface area (Å²) in [7, 11) is 0. The molecule has 1 fully saturated rings. The number of benzene rings is 1. The standard InChI is InChI=1S/C14H15ClFNO3/c15-10-4-1-3-9(12(10)16)13(20)17-8-14(5-2-6-14)7-11(18)19/h1,3-4H,2,5-8H2,(H,17,20)(H,18,19). The van der Waals surface area contributed by atoms with Crippen LogP contribution in [0.5, 0.6) is 0 Å². The highest BCUT2D eigenvalue weighted by Gasteiger charge is 2.39. The Morgan fingerprint density at radius 3 is 2.65 bits per heavy atom. The molecule has 2 N–H and O–H groups in total. The molecule has 1 amide bonds. The number of aliphatic carboxylic acids is 1. The Morgan fingerprint density at radius 2 is 2.10 bits per heavy atom. The lowest BCUT2D eigenvalue weighted by Gasteiger charge is -2.40. The Labute approximate surface area is 120 Å². The van der Waals surface area contributed by atoms with Gasteiger partial charge in [0.25, 0.3) is 5.91 Å². The first-order valence-electron chi connectivity index (χ1n) is 6.38. The van der Waals surface area contributed by atoms with Gasteiger partial charge in [-0.15, -0.1) is 0 Å². The predicted molar refractivity (Wildman–Crippen MR) is 72.3 cm³/mol. The molecule has 0 atom stereocenters. The fourth-order valence-electron chi connectivity index (χ4n) is 2.46. The minimum absolute atomic E-state index is 0.0192. The number of halogens is 2. The van der Waals surface area contributed by atoms with Gasteiger partial charge in [-0.05, 0) is 30.4 Å². The second-order valence-corrected chi connectivity index (χ2v) is 5.62. The van der Waals surface area contributed by atoms with Crippen LogP contribution in [-0.4, -0.2) is 23.5 Å². The summed E-state index contributed by atoms with van der Waals surface area (Å²) >= 11 is 5.62. The van der Waals surface area contributed by atoms with Gasteiger partial charge in [0, 0.05) is 6.54 Å². The number of nitrogens with one attached hydrogen (secondary N) is 1. The molecule has 0 bridgehead atoms. The number of hydrogen-bond donors (Lipinski definition) is 2. The molecule has 1 aliphatic rings. The number of carboxylic acid groups (broad SMARTS) is 1. The van der Waals surface area contributed by atoms with Crippen LogP contribution in [0.2, 0.25) is 5.02 Å². The summed E-state index contributed by atoms with van der Waals surface area (Å²) in [5.74, 6) is -2.21. The van der Waals surface area contributed by atoms with E-state index < -0.39 is 23.1 Å². The Morgan fingerprint density at radius 1 is 1.40 bits per heavy atom. The molecule has 0 unspecified atom stereocenters. The smallest absolute Gasteiger partial charge is 0.303 e. The number of carbonyl (C=O) groups excluding carboxylic acids is 1. The number of carboxylic acids is 1. The fourth-order valence-corrected chi connectivity index (χ4v) is 2.63. The molecule has 20 heavy (non-hydrogen) atoms. The van der Waals surface area contributed by atoms with E-state index in [2.05, 4.69) is 5.32 Å². The first-order chi connectivity index (χ1) is 9.43. The van der Waals surface area contributed by atoms with Crippen LogP contribution in [0.15, 0.2) is 18.2 Å². The van der Waals surface area contributed by atoms with E-state index in [1.807, 2.05) is 0 Å². The van der Waals surface area contributed by atoms with Gasteiger partial charge >= 0.3 is 5.97 Å². The molecule has 4 nitrogen and oxygen atoms in total. The van der Waals surface area contributed by atoms with E-state index in [4.69, 9.17) is 16.7 Å². The first kappa shape index (κ1) is 14.8. The van der Waals surface area contributed by atoms with Crippen LogP contribution in [0, 0.1) is 11.2 Å². The monoisotopic (exact) mass is 299 g/mol. The zero-order chi connectivity index (χ0) is 14.8. The molecule has 0 aromatic heterocycles. The average molecular weight is 300 g/mol. The summed E-state index contributed by atoms with van der Waals surface area (Å²) in [5, 5.41) is 11.4. The van der Waals surface area contributed by atoms with Crippen molar-refractivity contribution < 1.29 is 19.1 Å². The fraction of sp³-hybridized carbons (Fsp3) is 0.429. The molecule has 0 spiro atoms. The van der Waals surface area contributed by atoms with Gasteiger partial charge in [0.2, 0.25) is 0 Å². The third-order valence-corrected chi connectivity index (χ3v) is 4.05. The van der Waals surface area contributed by atoms with Gasteiger partial charge in [-0.1, -0.05) is 24.1 Å². The summed E-state index contributed by atoms with van der Waals surface area (Å²) in [4.78, 5) is 22.8. The maximum Gasteiger partial charge on any atom is 0.303 e. The van der Waals surface area contributed by atoms with Gasteiger partial charge < -0.3 is 10.4 Å². The number of amides is 1. The highest BCUT2D eigenvalue weighted by atomic mass is 35.5. The lowest BCUT2D eigenvalue weighted by molar-refractivity contribution is -0.141. The zero-order valence-corrected chi connectivity index (χ0v) is 11.5. The van der Waals surface area contributed by atoms with Crippen LogP contribution < -0.4 is 5.32 Å². The van der Waals surface area contributed by atoms with Gasteiger partial charge in [0.05, 0.1) is 17.0 Å². The largest absolute Gasteiger partial charge is 0.481 e. The highest BCUT2D eigenvalue weighted by molar-refractivity contribution is 6.31. The molecular formula is C14H15ClFNO3. The lowest BCUT2D eigenvalue weighted by Crippen LogP contribution is -2.43. The van der Waals surface area contributed by atoms with E-state index in [9.17, 15) is 14.0 Å². The first-order valence-corrected chi connectivity index (χ1v) is 6.75.